The fraction of sp³-hybridized carbons (Fsp3) is 0.471. The highest BCUT2D eigenvalue weighted by Crippen LogP contribution is 2.34. The van der Waals surface area contributed by atoms with E-state index in [-0.39, 0.29) is 17.9 Å². The zero-order chi connectivity index (χ0) is 17.1. The molecule has 24 heavy (non-hydrogen) atoms. The molecule has 2 aliphatic heterocycles. The summed E-state index contributed by atoms with van der Waals surface area (Å²) in [5, 5.41) is 1.04. The van der Waals surface area contributed by atoms with Gasteiger partial charge in [0.05, 0.1) is 6.26 Å². The smallest absolute Gasteiger partial charge is 0.270 e. The minimum absolute atomic E-state index is 0.0171. The molecule has 0 unspecified atom stereocenters. The maximum atomic E-state index is 13.0. The second kappa shape index (κ2) is 5.32. The Morgan fingerprint density at radius 1 is 1.21 bits per heavy atom. The standard InChI is InChI=1S/C17H21N3O3S/c1-18-14-6-4-3-5-12(14)9-15(18)17(21)19-10-13-7-8-20(16(13)11-19)24(2,22)23/h3-6,9,13,16H,7-8,10-11H2,1-2H3/t13-,16+/m1/s1. The van der Waals surface area contributed by atoms with E-state index in [1.807, 2.05) is 41.9 Å². The van der Waals surface area contributed by atoms with Gasteiger partial charge in [-0.15, -0.1) is 0 Å². The summed E-state index contributed by atoms with van der Waals surface area (Å²) in [6, 6.07) is 9.76. The molecule has 1 aromatic heterocycles. The first-order valence-electron chi connectivity index (χ1n) is 8.17. The van der Waals surface area contributed by atoms with E-state index in [4.69, 9.17) is 0 Å². The van der Waals surface area contributed by atoms with Crippen LogP contribution in [0.15, 0.2) is 30.3 Å². The van der Waals surface area contributed by atoms with Crippen LogP contribution < -0.4 is 0 Å². The zero-order valence-corrected chi connectivity index (χ0v) is 14.7. The predicted octanol–water partition coefficient (Wildman–Crippen LogP) is 1.28. The molecule has 2 aliphatic rings. The van der Waals surface area contributed by atoms with Crippen molar-refractivity contribution in [3.63, 3.8) is 0 Å². The average Bonchev–Trinajstić information content (AvgIpc) is 3.18. The molecular weight excluding hydrogens is 326 g/mol. The van der Waals surface area contributed by atoms with Gasteiger partial charge in [0.1, 0.15) is 5.69 Å². The summed E-state index contributed by atoms with van der Waals surface area (Å²) in [5.41, 5.74) is 1.68. The Kier molecular flexibility index (Phi) is 3.47. The van der Waals surface area contributed by atoms with Gasteiger partial charge in [-0.25, -0.2) is 8.42 Å². The molecule has 0 N–H and O–H groups in total. The van der Waals surface area contributed by atoms with Gasteiger partial charge in [-0.05, 0) is 24.5 Å². The highest BCUT2D eigenvalue weighted by Gasteiger charge is 2.46. The first-order valence-corrected chi connectivity index (χ1v) is 10.0. The van der Waals surface area contributed by atoms with Crippen molar-refractivity contribution < 1.29 is 13.2 Å². The van der Waals surface area contributed by atoms with Crippen LogP contribution in [0.3, 0.4) is 0 Å². The van der Waals surface area contributed by atoms with E-state index >= 15 is 0 Å². The number of para-hydroxylation sites is 1. The van der Waals surface area contributed by atoms with Crippen molar-refractivity contribution in [2.24, 2.45) is 13.0 Å². The van der Waals surface area contributed by atoms with E-state index in [0.717, 1.165) is 17.3 Å². The minimum Gasteiger partial charge on any atom is -0.340 e. The van der Waals surface area contributed by atoms with E-state index in [1.165, 1.54) is 6.26 Å². The first kappa shape index (κ1) is 15.7. The number of hydrogen-bond acceptors (Lipinski definition) is 3. The van der Waals surface area contributed by atoms with Gasteiger partial charge in [-0.2, -0.15) is 4.31 Å². The number of fused-ring (bicyclic) bond motifs is 2. The van der Waals surface area contributed by atoms with Crippen LogP contribution in [0, 0.1) is 5.92 Å². The molecule has 0 bridgehead atoms. The molecule has 7 heteroatoms. The van der Waals surface area contributed by atoms with Crippen molar-refractivity contribution in [1.29, 1.82) is 0 Å². The predicted molar refractivity (Wildman–Crippen MR) is 92.3 cm³/mol. The van der Waals surface area contributed by atoms with Gasteiger partial charge in [0, 0.05) is 43.6 Å². The molecule has 6 nitrogen and oxygen atoms in total. The zero-order valence-electron chi connectivity index (χ0n) is 13.8. The van der Waals surface area contributed by atoms with Crippen molar-refractivity contribution in [2.75, 3.05) is 25.9 Å². The number of likely N-dealkylation sites (tertiary alicyclic amines) is 1. The van der Waals surface area contributed by atoms with E-state index in [1.54, 1.807) is 9.21 Å². The van der Waals surface area contributed by atoms with Crippen molar-refractivity contribution in [1.82, 2.24) is 13.8 Å². The monoisotopic (exact) mass is 347 g/mol. The van der Waals surface area contributed by atoms with Crippen molar-refractivity contribution in [3.8, 4) is 0 Å². The summed E-state index contributed by atoms with van der Waals surface area (Å²) in [5.74, 6) is 0.231. The fourth-order valence-electron chi connectivity index (χ4n) is 4.16. The average molecular weight is 347 g/mol. The maximum absolute atomic E-state index is 13.0. The lowest BCUT2D eigenvalue weighted by molar-refractivity contribution is 0.0769. The van der Waals surface area contributed by atoms with Gasteiger partial charge >= 0.3 is 0 Å². The molecule has 3 heterocycles. The van der Waals surface area contributed by atoms with Crippen LogP contribution in [0.2, 0.25) is 0 Å². The third kappa shape index (κ3) is 2.34. The summed E-state index contributed by atoms with van der Waals surface area (Å²) >= 11 is 0. The van der Waals surface area contributed by atoms with Gasteiger partial charge in [0.15, 0.2) is 0 Å². The normalized spacial score (nSPS) is 24.7. The number of rotatable bonds is 2. The van der Waals surface area contributed by atoms with Crippen LogP contribution in [0.1, 0.15) is 16.9 Å². The molecule has 1 aromatic carbocycles. The number of benzene rings is 1. The number of amides is 1. The molecule has 2 atom stereocenters. The molecular formula is C17H21N3O3S. The summed E-state index contributed by atoms with van der Waals surface area (Å²) in [4.78, 5) is 14.8. The number of hydrogen-bond donors (Lipinski definition) is 0. The molecule has 2 aromatic rings. The minimum atomic E-state index is -3.21. The third-order valence-electron chi connectivity index (χ3n) is 5.38. The lowest BCUT2D eigenvalue weighted by Crippen LogP contribution is -2.40. The molecule has 0 aliphatic carbocycles. The van der Waals surface area contributed by atoms with Crippen LogP contribution in [0.5, 0.6) is 0 Å². The summed E-state index contributed by atoms with van der Waals surface area (Å²) in [7, 11) is -1.31. The number of aryl methyl sites for hydroxylation is 1. The summed E-state index contributed by atoms with van der Waals surface area (Å²) < 4.78 is 27.3. The third-order valence-corrected chi connectivity index (χ3v) is 6.69. The molecule has 1 amide bonds. The van der Waals surface area contributed by atoms with Gasteiger partial charge in [0.2, 0.25) is 10.0 Å². The van der Waals surface area contributed by atoms with Gasteiger partial charge in [-0.3, -0.25) is 4.79 Å². The first-order chi connectivity index (χ1) is 11.4. The Morgan fingerprint density at radius 2 is 1.96 bits per heavy atom. The number of carbonyl (C=O) groups excluding carboxylic acids is 1. The lowest BCUT2D eigenvalue weighted by atomic mass is 10.1. The van der Waals surface area contributed by atoms with Gasteiger partial charge < -0.3 is 9.47 Å². The van der Waals surface area contributed by atoms with Crippen LogP contribution in [0.25, 0.3) is 10.9 Å². The Labute approximate surface area is 141 Å². The summed E-state index contributed by atoms with van der Waals surface area (Å²) in [6.45, 7) is 1.69. The molecule has 128 valence electrons. The quantitative estimate of drug-likeness (QED) is 0.822. The SMILES string of the molecule is Cn1c(C(=O)N2C[C@H]3CCN(S(C)(=O)=O)[C@H]3C2)cc2ccccc21. The fourth-order valence-corrected chi connectivity index (χ4v) is 5.32. The Hall–Kier alpha value is -1.86. The van der Waals surface area contributed by atoms with Crippen molar-refractivity contribution in [2.45, 2.75) is 12.5 Å². The number of sulfonamides is 1. The molecule has 0 radical (unpaired) electrons. The van der Waals surface area contributed by atoms with Gasteiger partial charge in [0.25, 0.3) is 5.91 Å². The second-order valence-electron chi connectivity index (χ2n) is 6.85. The largest absolute Gasteiger partial charge is 0.340 e. The molecule has 0 spiro atoms. The van der Waals surface area contributed by atoms with Crippen LogP contribution in [-0.4, -0.2) is 60.0 Å². The molecule has 2 saturated heterocycles. The van der Waals surface area contributed by atoms with E-state index in [2.05, 4.69) is 0 Å². The van der Waals surface area contributed by atoms with Crippen LogP contribution in [0.4, 0.5) is 0 Å². The highest BCUT2D eigenvalue weighted by atomic mass is 32.2. The van der Waals surface area contributed by atoms with Gasteiger partial charge in [-0.1, -0.05) is 18.2 Å². The topological polar surface area (TPSA) is 62.6 Å². The number of carbonyl (C=O) groups is 1. The van der Waals surface area contributed by atoms with E-state index in [0.29, 0.717) is 25.3 Å². The van der Waals surface area contributed by atoms with Crippen molar-refractivity contribution in [3.05, 3.63) is 36.0 Å². The van der Waals surface area contributed by atoms with Crippen LogP contribution >= 0.6 is 0 Å². The second-order valence-corrected chi connectivity index (χ2v) is 8.78. The Morgan fingerprint density at radius 3 is 2.67 bits per heavy atom. The van der Waals surface area contributed by atoms with E-state index in [9.17, 15) is 13.2 Å². The molecule has 2 fully saturated rings. The molecule has 0 saturated carbocycles. The van der Waals surface area contributed by atoms with Crippen LogP contribution in [-0.2, 0) is 17.1 Å². The Balaban J connectivity index is 1.61. The van der Waals surface area contributed by atoms with Crippen molar-refractivity contribution >= 4 is 26.8 Å². The Bertz CT molecular complexity index is 918. The van der Waals surface area contributed by atoms with E-state index < -0.39 is 10.0 Å². The number of nitrogens with zero attached hydrogens (tertiary/aromatic N) is 3. The lowest BCUT2D eigenvalue weighted by Gasteiger charge is -2.22. The number of aromatic nitrogens is 1. The maximum Gasteiger partial charge on any atom is 0.270 e. The molecule has 4 rings (SSSR count). The summed E-state index contributed by atoms with van der Waals surface area (Å²) in [6.07, 6.45) is 2.08. The highest BCUT2D eigenvalue weighted by molar-refractivity contribution is 7.88.